The molecule has 17 heavy (non-hydrogen) atoms. The average Bonchev–Trinajstić information content (AvgIpc) is 2.66. The van der Waals surface area contributed by atoms with Crippen LogP contribution in [0.2, 0.25) is 5.02 Å². The Morgan fingerprint density at radius 1 is 1.53 bits per heavy atom. The lowest BCUT2D eigenvalue weighted by Crippen LogP contribution is -2.39. The zero-order valence-corrected chi connectivity index (χ0v) is 10.9. The van der Waals surface area contributed by atoms with Crippen molar-refractivity contribution in [2.75, 3.05) is 0 Å². The second kappa shape index (κ2) is 4.95. The normalized spacial score (nSPS) is 28.6. The summed E-state index contributed by atoms with van der Waals surface area (Å²) in [6, 6.07) is 5.00. The summed E-state index contributed by atoms with van der Waals surface area (Å²) in [6.07, 6.45) is 5.22. The number of rotatable bonds is 3. The molecule has 2 atom stereocenters. The Kier molecular flexibility index (Phi) is 3.74. The molecule has 1 nitrogen and oxygen atoms in total. The maximum atomic E-state index is 13.3. The average molecular weight is 256 g/mol. The van der Waals surface area contributed by atoms with Crippen molar-refractivity contribution < 1.29 is 4.39 Å². The van der Waals surface area contributed by atoms with Gasteiger partial charge < -0.3 is 5.73 Å². The highest BCUT2D eigenvalue weighted by molar-refractivity contribution is 6.30. The quantitative estimate of drug-likeness (QED) is 0.870. The van der Waals surface area contributed by atoms with Crippen molar-refractivity contribution in [1.82, 2.24) is 0 Å². The van der Waals surface area contributed by atoms with Crippen molar-refractivity contribution in [1.29, 1.82) is 0 Å². The van der Waals surface area contributed by atoms with Gasteiger partial charge in [0.2, 0.25) is 0 Å². The predicted octanol–water partition coefficient (Wildman–Crippen LogP) is 3.93. The van der Waals surface area contributed by atoms with Gasteiger partial charge in [-0.25, -0.2) is 4.39 Å². The van der Waals surface area contributed by atoms with Crippen molar-refractivity contribution in [2.45, 2.75) is 44.6 Å². The van der Waals surface area contributed by atoms with E-state index in [1.165, 1.54) is 18.9 Å². The van der Waals surface area contributed by atoms with E-state index in [1.54, 1.807) is 6.07 Å². The molecule has 3 heteroatoms. The van der Waals surface area contributed by atoms with Crippen LogP contribution in [0.5, 0.6) is 0 Å². The zero-order chi connectivity index (χ0) is 12.5. The van der Waals surface area contributed by atoms with Gasteiger partial charge >= 0.3 is 0 Å². The van der Waals surface area contributed by atoms with Gasteiger partial charge in [0.15, 0.2) is 0 Å². The van der Waals surface area contributed by atoms with Crippen molar-refractivity contribution in [2.24, 2.45) is 11.7 Å². The molecule has 0 heterocycles. The van der Waals surface area contributed by atoms with Crippen LogP contribution in [-0.4, -0.2) is 5.54 Å². The molecule has 1 aliphatic carbocycles. The van der Waals surface area contributed by atoms with E-state index >= 15 is 0 Å². The van der Waals surface area contributed by atoms with Gasteiger partial charge in [-0.05, 0) is 49.3 Å². The van der Waals surface area contributed by atoms with E-state index in [1.807, 2.05) is 6.07 Å². The van der Waals surface area contributed by atoms with Crippen LogP contribution in [0.4, 0.5) is 4.39 Å². The molecule has 1 aromatic rings. The first-order chi connectivity index (χ1) is 8.02. The van der Waals surface area contributed by atoms with E-state index in [4.69, 9.17) is 17.3 Å². The fourth-order valence-electron chi connectivity index (χ4n) is 2.84. The molecule has 0 bridgehead atoms. The van der Waals surface area contributed by atoms with Gasteiger partial charge in [-0.15, -0.1) is 0 Å². The van der Waals surface area contributed by atoms with Crippen molar-refractivity contribution >= 4 is 11.6 Å². The molecule has 1 aliphatic rings. The van der Waals surface area contributed by atoms with Gasteiger partial charge in [-0.1, -0.05) is 31.0 Å². The number of hydrogen-bond acceptors (Lipinski definition) is 1. The lowest BCUT2D eigenvalue weighted by atomic mass is 9.89. The molecule has 0 saturated heterocycles. The lowest BCUT2D eigenvalue weighted by molar-refractivity contribution is 0.406. The summed E-state index contributed by atoms with van der Waals surface area (Å²) in [5, 5.41) is 0.178. The maximum absolute atomic E-state index is 13.3. The van der Waals surface area contributed by atoms with Gasteiger partial charge in [-0.3, -0.25) is 0 Å². The van der Waals surface area contributed by atoms with Crippen LogP contribution < -0.4 is 5.73 Å². The molecule has 94 valence electrons. The standard InChI is InChI=1S/C14H19ClFN/c1-2-10-5-6-14(17,8-10)9-11-3-4-12(15)13(16)7-11/h3-4,7,10H,2,5-6,8-9,17H2,1H3. The fourth-order valence-corrected chi connectivity index (χ4v) is 2.95. The van der Waals surface area contributed by atoms with Gasteiger partial charge in [0.05, 0.1) is 5.02 Å². The summed E-state index contributed by atoms with van der Waals surface area (Å²) in [5.41, 5.74) is 7.19. The van der Waals surface area contributed by atoms with E-state index in [0.717, 1.165) is 30.7 Å². The third-order valence-corrected chi connectivity index (χ3v) is 4.17. The van der Waals surface area contributed by atoms with Gasteiger partial charge in [0, 0.05) is 5.54 Å². The summed E-state index contributed by atoms with van der Waals surface area (Å²) in [4.78, 5) is 0. The minimum atomic E-state index is -0.349. The van der Waals surface area contributed by atoms with Gasteiger partial charge in [-0.2, -0.15) is 0 Å². The van der Waals surface area contributed by atoms with Crippen LogP contribution in [0.1, 0.15) is 38.2 Å². The van der Waals surface area contributed by atoms with Crippen LogP contribution in [0.15, 0.2) is 18.2 Å². The Hall–Kier alpha value is -0.600. The molecule has 1 fully saturated rings. The number of benzene rings is 1. The molecule has 2 N–H and O–H groups in total. The molecular formula is C14H19ClFN. The summed E-state index contributed by atoms with van der Waals surface area (Å²) >= 11 is 5.67. The minimum absolute atomic E-state index is 0.152. The molecule has 0 spiro atoms. The topological polar surface area (TPSA) is 26.0 Å². The predicted molar refractivity (Wildman–Crippen MR) is 69.7 cm³/mol. The van der Waals surface area contributed by atoms with Crippen LogP contribution in [0, 0.1) is 11.7 Å². The molecule has 0 aromatic heterocycles. The fraction of sp³-hybridized carbons (Fsp3) is 0.571. The smallest absolute Gasteiger partial charge is 0.142 e. The second-order valence-corrected chi connectivity index (χ2v) is 5.71. The van der Waals surface area contributed by atoms with Crippen LogP contribution in [0.25, 0.3) is 0 Å². The van der Waals surface area contributed by atoms with E-state index in [9.17, 15) is 4.39 Å². The minimum Gasteiger partial charge on any atom is -0.325 e. The van der Waals surface area contributed by atoms with Crippen molar-refractivity contribution in [3.05, 3.63) is 34.6 Å². The zero-order valence-electron chi connectivity index (χ0n) is 10.2. The lowest BCUT2D eigenvalue weighted by Gasteiger charge is -2.24. The van der Waals surface area contributed by atoms with E-state index in [0.29, 0.717) is 0 Å². The SMILES string of the molecule is CCC1CCC(N)(Cc2ccc(Cl)c(F)c2)C1. The Balaban J connectivity index is 2.08. The summed E-state index contributed by atoms with van der Waals surface area (Å²) in [5.74, 6) is 0.384. The second-order valence-electron chi connectivity index (χ2n) is 5.30. The molecular weight excluding hydrogens is 237 g/mol. The first-order valence-corrected chi connectivity index (χ1v) is 6.63. The number of nitrogens with two attached hydrogens (primary N) is 1. The molecule has 2 rings (SSSR count). The molecule has 2 unspecified atom stereocenters. The van der Waals surface area contributed by atoms with Crippen molar-refractivity contribution in [3.63, 3.8) is 0 Å². The highest BCUT2D eigenvalue weighted by Crippen LogP contribution is 2.36. The Bertz CT molecular complexity index is 407. The van der Waals surface area contributed by atoms with Crippen molar-refractivity contribution in [3.8, 4) is 0 Å². The monoisotopic (exact) mass is 255 g/mol. The highest BCUT2D eigenvalue weighted by Gasteiger charge is 2.34. The number of halogens is 2. The van der Waals surface area contributed by atoms with Gasteiger partial charge in [0.25, 0.3) is 0 Å². The summed E-state index contributed by atoms with van der Waals surface area (Å²) in [6.45, 7) is 2.21. The Morgan fingerprint density at radius 3 is 2.88 bits per heavy atom. The summed E-state index contributed by atoms with van der Waals surface area (Å²) in [7, 11) is 0. The molecule has 0 amide bonds. The molecule has 1 aromatic carbocycles. The van der Waals surface area contributed by atoms with Gasteiger partial charge in [0.1, 0.15) is 5.82 Å². The van der Waals surface area contributed by atoms with E-state index < -0.39 is 0 Å². The highest BCUT2D eigenvalue weighted by atomic mass is 35.5. The number of hydrogen-bond donors (Lipinski definition) is 1. The Morgan fingerprint density at radius 2 is 2.29 bits per heavy atom. The van der Waals surface area contributed by atoms with E-state index in [2.05, 4.69) is 6.92 Å². The third-order valence-electron chi connectivity index (χ3n) is 3.86. The third kappa shape index (κ3) is 2.99. The first kappa shape index (κ1) is 12.8. The van der Waals surface area contributed by atoms with Crippen LogP contribution in [0.3, 0.4) is 0 Å². The Labute approximate surface area is 107 Å². The van der Waals surface area contributed by atoms with E-state index in [-0.39, 0.29) is 16.4 Å². The molecule has 1 saturated carbocycles. The van der Waals surface area contributed by atoms with Crippen LogP contribution in [-0.2, 0) is 6.42 Å². The molecule has 0 radical (unpaired) electrons. The molecule has 0 aliphatic heterocycles. The first-order valence-electron chi connectivity index (χ1n) is 6.25. The van der Waals surface area contributed by atoms with Crippen LogP contribution >= 0.6 is 11.6 Å². The maximum Gasteiger partial charge on any atom is 0.142 e. The summed E-state index contributed by atoms with van der Waals surface area (Å²) < 4.78 is 13.3. The largest absolute Gasteiger partial charge is 0.325 e.